The summed E-state index contributed by atoms with van der Waals surface area (Å²) in [6.45, 7) is -0.347. The summed E-state index contributed by atoms with van der Waals surface area (Å²) < 4.78 is 71.7. The number of alkyl halides is 3. The van der Waals surface area contributed by atoms with Crippen LogP contribution in [0.15, 0.2) is 48.7 Å². The van der Waals surface area contributed by atoms with Gasteiger partial charge in [0.25, 0.3) is 5.91 Å². The maximum Gasteiger partial charge on any atom is 0.424 e. The largest absolute Gasteiger partial charge is 0.494 e. The smallest absolute Gasteiger partial charge is 0.424 e. The summed E-state index contributed by atoms with van der Waals surface area (Å²) in [5.41, 5.74) is -1.02. The first kappa shape index (κ1) is 29.4. The number of aromatic nitrogens is 3. The minimum Gasteiger partial charge on any atom is -0.494 e. The maximum absolute atomic E-state index is 14.9. The molecule has 4 N–H and O–H groups in total. The molecule has 1 aliphatic carbocycles. The molecule has 230 valence electrons. The highest BCUT2D eigenvalue weighted by molar-refractivity contribution is 6.00. The second kappa shape index (κ2) is 10.2. The summed E-state index contributed by atoms with van der Waals surface area (Å²) in [7, 11) is 1.38. The van der Waals surface area contributed by atoms with Gasteiger partial charge < -0.3 is 25.6 Å². The van der Waals surface area contributed by atoms with Gasteiger partial charge in [0.15, 0.2) is 0 Å². The quantitative estimate of drug-likeness (QED) is 0.256. The molecule has 2 aliphatic rings. The van der Waals surface area contributed by atoms with Crippen LogP contribution in [0.4, 0.5) is 17.6 Å². The fraction of sp³-hybridized carbons (Fsp3) is 0.333. The molecule has 44 heavy (non-hydrogen) atoms. The van der Waals surface area contributed by atoms with Crippen LogP contribution in [-0.4, -0.2) is 58.1 Å². The van der Waals surface area contributed by atoms with Crippen molar-refractivity contribution in [1.82, 2.24) is 20.1 Å². The summed E-state index contributed by atoms with van der Waals surface area (Å²) in [6.07, 6.45) is -1.74. The second-order valence-corrected chi connectivity index (χ2v) is 11.2. The van der Waals surface area contributed by atoms with E-state index in [0.717, 1.165) is 25.0 Å². The molecule has 2 amide bonds. The molecule has 3 heterocycles. The summed E-state index contributed by atoms with van der Waals surface area (Å²) in [5.74, 6) is -2.56. The molecule has 1 unspecified atom stereocenters. The highest BCUT2D eigenvalue weighted by Gasteiger charge is 2.57. The molecule has 0 saturated heterocycles. The van der Waals surface area contributed by atoms with E-state index in [-0.39, 0.29) is 46.5 Å². The molecule has 2 aromatic carbocycles. The zero-order valence-electron chi connectivity index (χ0n) is 23.5. The van der Waals surface area contributed by atoms with Gasteiger partial charge in [-0.05, 0) is 50.1 Å². The van der Waals surface area contributed by atoms with Crippen LogP contribution in [0, 0.1) is 5.82 Å². The molecule has 1 aliphatic heterocycles. The lowest BCUT2D eigenvalue weighted by Crippen LogP contribution is -2.51. The SMILES string of the molecule is COc1cc(C(=O)NCC(O)(c2cc3c(c(-c4ccccc4F)n2)OC[C@]3(C)C(N)=O)C(F)(F)F)cc2cn(C3CC3)nc12. The first-order valence-electron chi connectivity index (χ1n) is 13.6. The Morgan fingerprint density at radius 1 is 1.23 bits per heavy atom. The number of benzene rings is 2. The van der Waals surface area contributed by atoms with E-state index in [2.05, 4.69) is 15.4 Å². The monoisotopic (exact) mass is 613 g/mol. The van der Waals surface area contributed by atoms with Crippen molar-refractivity contribution in [2.24, 2.45) is 5.73 Å². The Labute approximate surface area is 247 Å². The molecule has 10 nitrogen and oxygen atoms in total. The van der Waals surface area contributed by atoms with Crippen molar-refractivity contribution in [3.63, 3.8) is 0 Å². The Bertz CT molecular complexity index is 1820. The molecule has 14 heteroatoms. The number of methoxy groups -OCH3 is 1. The number of fused-ring (bicyclic) bond motifs is 2. The van der Waals surface area contributed by atoms with Crippen LogP contribution in [0.3, 0.4) is 0 Å². The van der Waals surface area contributed by atoms with Crippen LogP contribution in [-0.2, 0) is 15.8 Å². The summed E-state index contributed by atoms with van der Waals surface area (Å²) in [4.78, 5) is 29.6. The van der Waals surface area contributed by atoms with E-state index in [1.54, 1.807) is 10.9 Å². The van der Waals surface area contributed by atoms with Gasteiger partial charge in [0.2, 0.25) is 11.5 Å². The van der Waals surface area contributed by atoms with E-state index in [0.29, 0.717) is 10.9 Å². The zero-order chi connectivity index (χ0) is 31.6. The molecule has 0 bridgehead atoms. The van der Waals surface area contributed by atoms with Crippen LogP contribution in [0.5, 0.6) is 11.5 Å². The predicted octanol–water partition coefficient (Wildman–Crippen LogP) is 3.90. The third-order valence-electron chi connectivity index (χ3n) is 8.14. The molecule has 0 spiro atoms. The Morgan fingerprint density at radius 3 is 2.59 bits per heavy atom. The molecular weight excluding hydrogens is 586 g/mol. The van der Waals surface area contributed by atoms with E-state index in [1.807, 2.05) is 0 Å². The fourth-order valence-electron chi connectivity index (χ4n) is 5.22. The summed E-state index contributed by atoms with van der Waals surface area (Å²) in [6, 6.07) is 9.07. The zero-order valence-corrected chi connectivity index (χ0v) is 23.5. The van der Waals surface area contributed by atoms with Crippen molar-refractivity contribution in [3.05, 3.63) is 71.3 Å². The van der Waals surface area contributed by atoms with Gasteiger partial charge in [-0.3, -0.25) is 14.3 Å². The Morgan fingerprint density at radius 2 is 1.95 bits per heavy atom. The van der Waals surface area contributed by atoms with E-state index in [4.69, 9.17) is 15.2 Å². The van der Waals surface area contributed by atoms with Gasteiger partial charge >= 0.3 is 6.18 Å². The van der Waals surface area contributed by atoms with Crippen LogP contribution in [0.1, 0.15) is 47.4 Å². The van der Waals surface area contributed by atoms with Crippen LogP contribution in [0.2, 0.25) is 0 Å². The van der Waals surface area contributed by atoms with E-state index < -0.39 is 47.1 Å². The lowest BCUT2D eigenvalue weighted by molar-refractivity contribution is -0.265. The Kier molecular flexibility index (Phi) is 6.79. The molecule has 4 aromatic rings. The number of carbonyl (C=O) groups is 2. The van der Waals surface area contributed by atoms with Crippen molar-refractivity contribution in [3.8, 4) is 22.8 Å². The van der Waals surface area contributed by atoms with Gasteiger partial charge in [-0.15, -0.1) is 0 Å². The predicted molar refractivity (Wildman–Crippen MR) is 149 cm³/mol. The number of hydrogen-bond donors (Lipinski definition) is 3. The minimum absolute atomic E-state index is 0.0297. The highest BCUT2D eigenvalue weighted by atomic mass is 19.4. The molecule has 0 radical (unpaired) electrons. The Balaban J connectivity index is 1.41. The standard InChI is InChI=1S/C30H27F4N5O5/c1-28(27(35)41)14-44-25-19(28)11-22(37-24(25)18-5-3-4-6-20(18)31)29(42,30(32,33)34)13-36-26(40)15-9-16-12-39(17-7-8-17)38-23(16)21(10-15)43-2/h3-6,9-12,17,42H,7-8,13-14H2,1-2H3,(H2,35,41)(H,36,40)/t28-,29?/m0/s1. The number of ether oxygens (including phenoxy) is 2. The lowest BCUT2D eigenvalue weighted by Gasteiger charge is -2.31. The van der Waals surface area contributed by atoms with E-state index in [9.17, 15) is 32.3 Å². The summed E-state index contributed by atoms with van der Waals surface area (Å²) >= 11 is 0. The number of pyridine rings is 1. The number of aliphatic hydroxyl groups is 1. The number of carbonyl (C=O) groups excluding carboxylic acids is 2. The number of amides is 2. The first-order chi connectivity index (χ1) is 20.8. The van der Waals surface area contributed by atoms with Crippen molar-refractivity contribution in [2.75, 3.05) is 20.3 Å². The minimum atomic E-state index is -5.39. The number of rotatable bonds is 8. The number of primary amides is 1. The van der Waals surface area contributed by atoms with Gasteiger partial charge in [-0.2, -0.15) is 18.3 Å². The van der Waals surface area contributed by atoms with Crippen LogP contribution in [0.25, 0.3) is 22.2 Å². The first-order valence-corrected chi connectivity index (χ1v) is 13.6. The Hall–Kier alpha value is -4.72. The fourth-order valence-corrected chi connectivity index (χ4v) is 5.22. The van der Waals surface area contributed by atoms with E-state index in [1.165, 1.54) is 44.4 Å². The van der Waals surface area contributed by atoms with Gasteiger partial charge in [0.05, 0.1) is 25.4 Å². The van der Waals surface area contributed by atoms with Crippen molar-refractivity contribution >= 4 is 22.7 Å². The average Bonchev–Trinajstić information content (AvgIpc) is 3.65. The van der Waals surface area contributed by atoms with Crippen molar-refractivity contribution in [2.45, 2.75) is 43.0 Å². The molecule has 1 saturated carbocycles. The second-order valence-electron chi connectivity index (χ2n) is 11.2. The number of nitrogens with zero attached hydrogens (tertiary/aromatic N) is 3. The van der Waals surface area contributed by atoms with E-state index >= 15 is 0 Å². The topological polar surface area (TPSA) is 142 Å². The molecule has 1 fully saturated rings. The molecule has 2 aromatic heterocycles. The highest BCUT2D eigenvalue weighted by Crippen LogP contribution is 2.48. The van der Waals surface area contributed by atoms with Gasteiger partial charge in [-0.1, -0.05) is 12.1 Å². The number of nitrogens with two attached hydrogens (primary N) is 1. The van der Waals surface area contributed by atoms with Crippen LogP contribution >= 0.6 is 0 Å². The third-order valence-corrected chi connectivity index (χ3v) is 8.14. The molecular formula is C30H27F4N5O5. The molecule has 2 atom stereocenters. The number of halogens is 4. The average molecular weight is 614 g/mol. The third kappa shape index (κ3) is 4.69. The van der Waals surface area contributed by atoms with Crippen molar-refractivity contribution in [1.29, 1.82) is 0 Å². The van der Waals surface area contributed by atoms with Gasteiger partial charge in [-0.25, -0.2) is 9.37 Å². The normalized spacial score (nSPS) is 19.2. The van der Waals surface area contributed by atoms with Crippen LogP contribution < -0.4 is 20.5 Å². The number of nitrogens with one attached hydrogen (secondary N) is 1. The van der Waals surface area contributed by atoms with Gasteiger partial charge in [0.1, 0.15) is 40.5 Å². The molecule has 6 rings (SSSR count). The summed E-state index contributed by atoms with van der Waals surface area (Å²) in [5, 5.41) is 18.4. The maximum atomic E-state index is 14.9. The van der Waals surface area contributed by atoms with Gasteiger partial charge in [0, 0.05) is 28.3 Å². The lowest BCUT2D eigenvalue weighted by atomic mass is 9.81. The van der Waals surface area contributed by atoms with Crippen molar-refractivity contribution < 1.29 is 41.7 Å². The number of hydrogen-bond acceptors (Lipinski definition) is 7.